The summed E-state index contributed by atoms with van der Waals surface area (Å²) >= 11 is 0. The van der Waals surface area contributed by atoms with E-state index in [1.807, 2.05) is 0 Å². The van der Waals surface area contributed by atoms with Crippen molar-refractivity contribution in [1.29, 1.82) is 0 Å². The fourth-order valence-corrected chi connectivity index (χ4v) is 4.27. The Balaban J connectivity index is 1.30. The van der Waals surface area contributed by atoms with Crippen LogP contribution in [0.3, 0.4) is 0 Å². The van der Waals surface area contributed by atoms with E-state index >= 15 is 0 Å². The SMILES string of the molecule is COc1cc(C(=O)NCCCCCCNC(=O)COc2cccc(C(=O)NC3CCC(=O)NC3=O)c2C)ccc1N. The van der Waals surface area contributed by atoms with Gasteiger partial charge in [-0.05, 0) is 56.5 Å². The lowest BCUT2D eigenvalue weighted by Gasteiger charge is -2.22. The molecule has 0 aromatic heterocycles. The topological polar surface area (TPSA) is 178 Å². The Bertz CT molecular complexity index is 1280. The second kappa shape index (κ2) is 15.2. The number of benzene rings is 2. The van der Waals surface area contributed by atoms with Crippen molar-refractivity contribution in [3.05, 3.63) is 53.1 Å². The summed E-state index contributed by atoms with van der Waals surface area (Å²) in [6.45, 7) is 2.52. The van der Waals surface area contributed by atoms with Crippen LogP contribution in [0.25, 0.3) is 0 Å². The average molecular weight is 568 g/mol. The monoisotopic (exact) mass is 567 g/mol. The van der Waals surface area contributed by atoms with Crippen LogP contribution >= 0.6 is 0 Å². The largest absolute Gasteiger partial charge is 0.495 e. The Morgan fingerprint density at radius 3 is 2.41 bits per heavy atom. The minimum absolute atomic E-state index is 0.160. The summed E-state index contributed by atoms with van der Waals surface area (Å²) in [7, 11) is 1.50. The van der Waals surface area contributed by atoms with Gasteiger partial charge in [0.15, 0.2) is 6.61 Å². The summed E-state index contributed by atoms with van der Waals surface area (Å²) in [5.41, 5.74) is 7.58. The maximum Gasteiger partial charge on any atom is 0.257 e. The van der Waals surface area contributed by atoms with Crippen LogP contribution in [0.4, 0.5) is 5.69 Å². The number of hydrogen-bond donors (Lipinski definition) is 5. The zero-order chi connectivity index (χ0) is 29.8. The predicted octanol–water partition coefficient (Wildman–Crippen LogP) is 1.61. The number of hydrogen-bond acceptors (Lipinski definition) is 8. The molecule has 0 spiro atoms. The van der Waals surface area contributed by atoms with Gasteiger partial charge >= 0.3 is 0 Å². The summed E-state index contributed by atoms with van der Waals surface area (Å²) in [6, 6.07) is 9.00. The molecule has 6 N–H and O–H groups in total. The Morgan fingerprint density at radius 1 is 0.976 bits per heavy atom. The van der Waals surface area contributed by atoms with Crippen LogP contribution in [0.2, 0.25) is 0 Å². The molecule has 12 heteroatoms. The highest BCUT2D eigenvalue weighted by molar-refractivity contribution is 6.04. The maximum absolute atomic E-state index is 12.7. The van der Waals surface area contributed by atoms with Crippen LogP contribution in [-0.4, -0.2) is 62.4 Å². The molecule has 0 radical (unpaired) electrons. The van der Waals surface area contributed by atoms with Gasteiger partial charge in [0, 0.05) is 36.2 Å². The summed E-state index contributed by atoms with van der Waals surface area (Å²) in [4.78, 5) is 60.5. The van der Waals surface area contributed by atoms with Crippen LogP contribution in [0.5, 0.6) is 11.5 Å². The quantitative estimate of drug-likeness (QED) is 0.130. The molecule has 12 nitrogen and oxygen atoms in total. The molecule has 1 unspecified atom stereocenters. The number of piperidine rings is 1. The molecule has 0 aliphatic carbocycles. The molecule has 1 heterocycles. The molecule has 1 aliphatic rings. The van der Waals surface area contributed by atoms with Gasteiger partial charge in [-0.15, -0.1) is 0 Å². The molecule has 0 bridgehead atoms. The van der Waals surface area contributed by atoms with Crippen molar-refractivity contribution >= 4 is 35.2 Å². The first-order chi connectivity index (χ1) is 19.7. The van der Waals surface area contributed by atoms with E-state index in [0.717, 1.165) is 25.7 Å². The fourth-order valence-electron chi connectivity index (χ4n) is 4.27. The molecule has 41 heavy (non-hydrogen) atoms. The van der Waals surface area contributed by atoms with Crippen molar-refractivity contribution in [2.75, 3.05) is 32.5 Å². The number of methoxy groups -OCH3 is 1. The number of rotatable bonds is 14. The Hall–Kier alpha value is -4.61. The van der Waals surface area contributed by atoms with Gasteiger partial charge in [-0.1, -0.05) is 18.9 Å². The summed E-state index contributed by atoms with van der Waals surface area (Å²) in [6.07, 6.45) is 3.77. The van der Waals surface area contributed by atoms with Crippen LogP contribution in [-0.2, 0) is 14.4 Å². The van der Waals surface area contributed by atoms with Gasteiger partial charge in [-0.3, -0.25) is 29.3 Å². The molecular weight excluding hydrogens is 530 g/mol. The summed E-state index contributed by atoms with van der Waals surface area (Å²) in [5.74, 6) is -0.974. The third kappa shape index (κ3) is 9.23. The molecule has 1 fully saturated rings. The number of imide groups is 1. The first-order valence-electron chi connectivity index (χ1n) is 13.5. The van der Waals surface area contributed by atoms with Gasteiger partial charge in [0.1, 0.15) is 17.5 Å². The van der Waals surface area contributed by atoms with Crippen molar-refractivity contribution in [2.24, 2.45) is 0 Å². The third-order valence-electron chi connectivity index (χ3n) is 6.64. The van der Waals surface area contributed by atoms with Crippen molar-refractivity contribution < 1.29 is 33.4 Å². The number of anilines is 1. The van der Waals surface area contributed by atoms with E-state index < -0.39 is 17.9 Å². The molecule has 1 aliphatic heterocycles. The van der Waals surface area contributed by atoms with E-state index in [2.05, 4.69) is 21.3 Å². The first-order valence-corrected chi connectivity index (χ1v) is 13.5. The molecule has 0 saturated carbocycles. The van der Waals surface area contributed by atoms with Crippen LogP contribution in [0.1, 0.15) is 64.8 Å². The standard InChI is InChI=1S/C29H37N5O7/c1-18-20(28(38)33-22-12-13-25(35)34-29(22)39)8-7-9-23(18)41-17-26(36)31-14-5-3-4-6-15-32-27(37)19-10-11-21(30)24(16-19)40-2/h7-11,16,22H,3-6,12-15,17,30H2,1-2H3,(H,31,36)(H,32,37)(H,33,38)(H,34,35,39). The van der Waals surface area contributed by atoms with Crippen LogP contribution < -0.4 is 36.5 Å². The lowest BCUT2D eigenvalue weighted by molar-refractivity contribution is -0.134. The summed E-state index contributed by atoms with van der Waals surface area (Å²) in [5, 5.41) is 10.5. The van der Waals surface area contributed by atoms with E-state index in [9.17, 15) is 24.0 Å². The zero-order valence-corrected chi connectivity index (χ0v) is 23.3. The zero-order valence-electron chi connectivity index (χ0n) is 23.3. The molecule has 1 saturated heterocycles. The van der Waals surface area contributed by atoms with Gasteiger partial charge in [0.25, 0.3) is 17.7 Å². The first kappa shape index (κ1) is 30.9. The van der Waals surface area contributed by atoms with Crippen molar-refractivity contribution in [3.63, 3.8) is 0 Å². The van der Waals surface area contributed by atoms with Gasteiger partial charge < -0.3 is 31.2 Å². The van der Waals surface area contributed by atoms with E-state index in [1.165, 1.54) is 7.11 Å². The van der Waals surface area contributed by atoms with Crippen molar-refractivity contribution in [3.8, 4) is 11.5 Å². The van der Waals surface area contributed by atoms with Gasteiger partial charge in [0.2, 0.25) is 11.8 Å². The second-order valence-corrected chi connectivity index (χ2v) is 9.67. The van der Waals surface area contributed by atoms with Gasteiger partial charge in [0.05, 0.1) is 12.8 Å². The van der Waals surface area contributed by atoms with Crippen molar-refractivity contribution in [2.45, 2.75) is 51.5 Å². The van der Waals surface area contributed by atoms with E-state index in [0.29, 0.717) is 47.0 Å². The van der Waals surface area contributed by atoms with Gasteiger partial charge in [-0.2, -0.15) is 0 Å². The normalized spacial score (nSPS) is 14.5. The average Bonchev–Trinajstić information content (AvgIpc) is 2.95. The Kier molecular flexibility index (Phi) is 11.5. The number of nitrogens with two attached hydrogens (primary N) is 1. The molecule has 5 amide bonds. The van der Waals surface area contributed by atoms with Crippen molar-refractivity contribution in [1.82, 2.24) is 21.3 Å². The number of nitrogens with one attached hydrogen (secondary N) is 4. The molecule has 2 aromatic rings. The highest BCUT2D eigenvalue weighted by Crippen LogP contribution is 2.23. The summed E-state index contributed by atoms with van der Waals surface area (Å²) < 4.78 is 10.8. The third-order valence-corrected chi connectivity index (χ3v) is 6.64. The molecule has 1 atom stereocenters. The highest BCUT2D eigenvalue weighted by Gasteiger charge is 2.28. The van der Waals surface area contributed by atoms with E-state index in [1.54, 1.807) is 43.3 Å². The smallest absolute Gasteiger partial charge is 0.257 e. The number of carbonyl (C=O) groups is 5. The maximum atomic E-state index is 12.7. The number of amides is 5. The second-order valence-electron chi connectivity index (χ2n) is 9.67. The minimum Gasteiger partial charge on any atom is -0.495 e. The highest BCUT2D eigenvalue weighted by atomic mass is 16.5. The Labute approximate surface area is 238 Å². The molecule has 220 valence electrons. The van der Waals surface area contributed by atoms with Gasteiger partial charge in [-0.25, -0.2) is 0 Å². The number of nitrogen functional groups attached to an aromatic ring is 1. The number of carbonyl (C=O) groups excluding carboxylic acids is 5. The minimum atomic E-state index is -0.784. The predicted molar refractivity (Wildman–Crippen MR) is 152 cm³/mol. The molecule has 3 rings (SSSR count). The van der Waals surface area contributed by atoms with E-state index in [-0.39, 0.29) is 37.2 Å². The van der Waals surface area contributed by atoms with Crippen LogP contribution in [0.15, 0.2) is 36.4 Å². The molecule has 2 aromatic carbocycles. The molecular formula is C29H37N5O7. The number of ether oxygens (including phenoxy) is 2. The lowest BCUT2D eigenvalue weighted by Crippen LogP contribution is -2.52. The van der Waals surface area contributed by atoms with E-state index in [4.69, 9.17) is 15.2 Å². The van der Waals surface area contributed by atoms with Crippen LogP contribution in [0, 0.1) is 6.92 Å². The Morgan fingerprint density at radius 2 is 1.71 bits per heavy atom. The lowest BCUT2D eigenvalue weighted by atomic mass is 10.0. The fraction of sp³-hybridized carbons (Fsp3) is 0.414. The number of unbranched alkanes of at least 4 members (excludes halogenated alkanes) is 3.